The molecule has 0 atom stereocenters. The Labute approximate surface area is 120 Å². The molecule has 0 saturated heterocycles. The Morgan fingerprint density at radius 3 is 2.80 bits per heavy atom. The maximum absolute atomic E-state index is 12.3. The summed E-state index contributed by atoms with van der Waals surface area (Å²) in [7, 11) is 1.66. The minimum absolute atomic E-state index is 0.108. The van der Waals surface area contributed by atoms with Gasteiger partial charge in [-0.2, -0.15) is 0 Å². The predicted octanol–water partition coefficient (Wildman–Crippen LogP) is 3.76. The average Bonchev–Trinajstić information content (AvgIpc) is 3.16. The van der Waals surface area contributed by atoms with Gasteiger partial charge in [-0.15, -0.1) is 11.3 Å². The number of hydrogen-bond acceptors (Lipinski definition) is 3. The predicted molar refractivity (Wildman–Crippen MR) is 79.1 cm³/mol. The minimum atomic E-state index is 0.108. The van der Waals surface area contributed by atoms with E-state index in [1.807, 2.05) is 52.5 Å². The summed E-state index contributed by atoms with van der Waals surface area (Å²) < 4.78 is 7.40. The Morgan fingerprint density at radius 1 is 1.10 bits per heavy atom. The third-order valence-corrected chi connectivity index (χ3v) is 4.56. The Balaban J connectivity index is 2.01. The number of ether oxygens (including phenoxy) is 1. The van der Waals surface area contributed by atoms with Crippen molar-refractivity contribution in [3.05, 3.63) is 58.5 Å². The molecule has 0 radical (unpaired) electrons. The first-order valence-electron chi connectivity index (χ1n) is 6.28. The molecule has 0 saturated carbocycles. The van der Waals surface area contributed by atoms with Gasteiger partial charge in [-0.25, -0.2) is 0 Å². The largest absolute Gasteiger partial charge is 0.496 e. The number of hydrogen-bond donors (Lipinski definition) is 0. The second-order valence-electron chi connectivity index (χ2n) is 4.62. The molecule has 4 rings (SSSR count). The molecule has 1 aromatic carbocycles. The average molecular weight is 281 g/mol. The Kier molecular flexibility index (Phi) is 2.35. The molecule has 20 heavy (non-hydrogen) atoms. The topological polar surface area (TPSA) is 31.2 Å². The Morgan fingerprint density at radius 2 is 1.95 bits per heavy atom. The van der Waals surface area contributed by atoms with Crippen LogP contribution in [0.1, 0.15) is 15.4 Å². The molecule has 3 nitrogen and oxygen atoms in total. The lowest BCUT2D eigenvalue weighted by Gasteiger charge is -2.09. The van der Waals surface area contributed by atoms with Crippen molar-refractivity contribution < 1.29 is 9.53 Å². The van der Waals surface area contributed by atoms with E-state index in [0.717, 1.165) is 33.1 Å². The van der Waals surface area contributed by atoms with Gasteiger partial charge < -0.3 is 9.30 Å². The number of para-hydroxylation sites is 1. The lowest BCUT2D eigenvalue weighted by atomic mass is 10.1. The van der Waals surface area contributed by atoms with E-state index in [2.05, 4.69) is 0 Å². The van der Waals surface area contributed by atoms with Crippen molar-refractivity contribution in [2.24, 2.45) is 0 Å². The maximum atomic E-state index is 12.3. The van der Waals surface area contributed by atoms with Crippen LogP contribution in [0.15, 0.2) is 48.0 Å². The van der Waals surface area contributed by atoms with Gasteiger partial charge in [0.05, 0.1) is 18.5 Å². The van der Waals surface area contributed by atoms with Crippen LogP contribution < -0.4 is 4.74 Å². The van der Waals surface area contributed by atoms with Crippen LogP contribution in [0.4, 0.5) is 0 Å². The van der Waals surface area contributed by atoms with Gasteiger partial charge in [-0.05, 0) is 18.2 Å². The molecule has 98 valence electrons. The number of nitrogens with zero attached hydrogens (tertiary/aromatic N) is 1. The molecule has 0 aliphatic carbocycles. The quantitative estimate of drug-likeness (QED) is 0.560. The van der Waals surface area contributed by atoms with Gasteiger partial charge in [-0.1, -0.05) is 18.2 Å². The highest BCUT2D eigenvalue weighted by molar-refractivity contribution is 7.13. The summed E-state index contributed by atoms with van der Waals surface area (Å²) in [6.45, 7) is 0. The molecular formula is C16H11NO2S. The molecule has 0 N–H and O–H groups in total. The number of methoxy groups -OCH3 is 1. The van der Waals surface area contributed by atoms with Gasteiger partial charge in [0.15, 0.2) is 0 Å². The number of rotatable bonds is 2. The first-order chi connectivity index (χ1) is 9.81. The number of fused-ring (bicyclic) bond motifs is 3. The van der Waals surface area contributed by atoms with Crippen molar-refractivity contribution in [3.8, 4) is 22.6 Å². The first-order valence-corrected chi connectivity index (χ1v) is 7.16. The van der Waals surface area contributed by atoms with Gasteiger partial charge in [0.25, 0.3) is 0 Å². The number of carbonyl (C=O) groups is 1. The highest BCUT2D eigenvalue weighted by atomic mass is 32.1. The second kappa shape index (κ2) is 4.08. The molecule has 3 aromatic rings. The van der Waals surface area contributed by atoms with Crippen LogP contribution in [0.2, 0.25) is 0 Å². The van der Waals surface area contributed by atoms with E-state index in [9.17, 15) is 4.79 Å². The number of aromatic nitrogens is 1. The molecule has 3 heterocycles. The summed E-state index contributed by atoms with van der Waals surface area (Å²) in [6.07, 6.45) is 1.94. The Bertz CT molecular complexity index is 829. The van der Waals surface area contributed by atoms with Crippen molar-refractivity contribution in [1.29, 1.82) is 0 Å². The number of ketones is 1. The lowest BCUT2D eigenvalue weighted by Crippen LogP contribution is -1.94. The van der Waals surface area contributed by atoms with E-state index in [0.29, 0.717) is 0 Å². The summed E-state index contributed by atoms with van der Waals surface area (Å²) in [5.74, 6) is 0.928. The van der Waals surface area contributed by atoms with Crippen LogP contribution in [0, 0.1) is 0 Å². The molecule has 0 fully saturated rings. The van der Waals surface area contributed by atoms with Crippen LogP contribution in [0.25, 0.3) is 16.8 Å². The van der Waals surface area contributed by atoms with Crippen molar-refractivity contribution in [2.75, 3.05) is 7.11 Å². The molecule has 2 aromatic heterocycles. The monoisotopic (exact) mass is 281 g/mol. The Hall–Kier alpha value is -2.33. The van der Waals surface area contributed by atoms with Crippen molar-refractivity contribution in [2.45, 2.75) is 0 Å². The second-order valence-corrected chi connectivity index (χ2v) is 5.50. The third kappa shape index (κ3) is 1.37. The smallest absolute Gasteiger partial charge is 0.221 e. The minimum Gasteiger partial charge on any atom is -0.496 e. The van der Waals surface area contributed by atoms with Gasteiger partial charge in [0.2, 0.25) is 5.78 Å². The summed E-state index contributed by atoms with van der Waals surface area (Å²) in [5.41, 5.74) is 3.78. The lowest BCUT2D eigenvalue weighted by molar-refractivity contribution is 0.104. The highest BCUT2D eigenvalue weighted by Crippen LogP contribution is 2.43. The van der Waals surface area contributed by atoms with Crippen LogP contribution >= 0.6 is 11.3 Å². The fourth-order valence-corrected chi connectivity index (χ4v) is 3.69. The van der Waals surface area contributed by atoms with Gasteiger partial charge in [-0.3, -0.25) is 4.79 Å². The van der Waals surface area contributed by atoms with E-state index in [4.69, 9.17) is 4.74 Å². The van der Waals surface area contributed by atoms with Crippen LogP contribution in [-0.4, -0.2) is 17.5 Å². The molecule has 0 amide bonds. The number of carbonyl (C=O) groups excluding carboxylic acids is 1. The third-order valence-electron chi connectivity index (χ3n) is 3.59. The molecule has 0 unspecified atom stereocenters. The summed E-state index contributed by atoms with van der Waals surface area (Å²) in [4.78, 5) is 13.1. The van der Waals surface area contributed by atoms with Crippen LogP contribution in [0.5, 0.6) is 5.75 Å². The van der Waals surface area contributed by atoms with Crippen molar-refractivity contribution in [1.82, 2.24) is 4.57 Å². The zero-order valence-electron chi connectivity index (χ0n) is 10.8. The van der Waals surface area contributed by atoms with Crippen molar-refractivity contribution >= 4 is 17.1 Å². The molecule has 0 spiro atoms. The van der Waals surface area contributed by atoms with E-state index in [1.165, 1.54) is 11.3 Å². The van der Waals surface area contributed by atoms with Crippen LogP contribution in [-0.2, 0) is 0 Å². The zero-order valence-corrected chi connectivity index (χ0v) is 11.6. The molecule has 1 aliphatic rings. The SMILES string of the molecule is COc1ccccc1-c1csc2c1-n1cccc1C2=O. The van der Waals surface area contributed by atoms with E-state index in [1.54, 1.807) is 7.11 Å². The van der Waals surface area contributed by atoms with Gasteiger partial charge in [0.1, 0.15) is 10.6 Å². The van der Waals surface area contributed by atoms with Crippen molar-refractivity contribution in [3.63, 3.8) is 0 Å². The normalized spacial score (nSPS) is 12.3. The maximum Gasteiger partial charge on any atom is 0.221 e. The van der Waals surface area contributed by atoms with Crippen LogP contribution in [0.3, 0.4) is 0 Å². The fourth-order valence-electron chi connectivity index (χ4n) is 2.69. The summed E-state index contributed by atoms with van der Waals surface area (Å²) in [6, 6.07) is 11.7. The van der Waals surface area contributed by atoms with E-state index < -0.39 is 0 Å². The fraction of sp³-hybridized carbons (Fsp3) is 0.0625. The van der Waals surface area contributed by atoms with Gasteiger partial charge in [0, 0.05) is 22.7 Å². The highest BCUT2D eigenvalue weighted by Gasteiger charge is 2.31. The molecule has 4 heteroatoms. The molecular weight excluding hydrogens is 270 g/mol. The molecule has 0 bridgehead atoms. The molecule has 1 aliphatic heterocycles. The zero-order chi connectivity index (χ0) is 13.7. The summed E-state index contributed by atoms with van der Waals surface area (Å²) >= 11 is 1.50. The number of thiophene rings is 1. The number of benzene rings is 1. The first kappa shape index (κ1) is 11.5. The standard InChI is InChI=1S/C16H11NO2S/c1-19-13-7-3-2-5-10(13)11-9-20-16-14(11)17-8-4-6-12(17)15(16)18/h2-9H,1H3. The van der Waals surface area contributed by atoms with Gasteiger partial charge >= 0.3 is 0 Å². The van der Waals surface area contributed by atoms with E-state index >= 15 is 0 Å². The van der Waals surface area contributed by atoms with E-state index in [-0.39, 0.29) is 5.78 Å². The summed E-state index contributed by atoms with van der Waals surface area (Å²) in [5, 5.41) is 2.03.